The number of likely N-dealkylation sites (tertiary alicyclic amines) is 1. The molecule has 22 heavy (non-hydrogen) atoms. The van der Waals surface area contributed by atoms with Gasteiger partial charge < -0.3 is 9.84 Å². The van der Waals surface area contributed by atoms with Crippen LogP contribution in [0, 0.1) is 5.92 Å². The van der Waals surface area contributed by atoms with Crippen molar-refractivity contribution in [2.45, 2.75) is 57.1 Å². The lowest BCUT2D eigenvalue weighted by Crippen LogP contribution is -2.59. The Morgan fingerprint density at radius 3 is 3.05 bits per heavy atom. The van der Waals surface area contributed by atoms with Crippen LogP contribution in [0.25, 0.3) is 0 Å². The first-order valence-corrected chi connectivity index (χ1v) is 8.76. The minimum absolute atomic E-state index is 0.198. The van der Waals surface area contributed by atoms with E-state index in [1.165, 1.54) is 30.4 Å². The van der Waals surface area contributed by atoms with Crippen LogP contribution in [0.5, 0.6) is 5.75 Å². The van der Waals surface area contributed by atoms with E-state index in [2.05, 4.69) is 24.8 Å². The van der Waals surface area contributed by atoms with Crippen LogP contribution in [0.3, 0.4) is 0 Å². The molecule has 120 valence electrons. The fourth-order valence-corrected chi connectivity index (χ4v) is 4.97. The Morgan fingerprint density at radius 1 is 1.41 bits per heavy atom. The summed E-state index contributed by atoms with van der Waals surface area (Å²) < 4.78 is 5.86. The van der Waals surface area contributed by atoms with Gasteiger partial charge >= 0.3 is 0 Å². The third kappa shape index (κ3) is 2.17. The molecule has 1 N–H and O–H groups in total. The van der Waals surface area contributed by atoms with Crippen molar-refractivity contribution < 1.29 is 9.84 Å². The molecule has 4 atom stereocenters. The molecule has 3 nitrogen and oxygen atoms in total. The molecule has 0 aromatic heterocycles. The van der Waals surface area contributed by atoms with E-state index >= 15 is 0 Å². The van der Waals surface area contributed by atoms with Gasteiger partial charge in [0.25, 0.3) is 0 Å². The van der Waals surface area contributed by atoms with E-state index in [4.69, 9.17) is 4.74 Å². The summed E-state index contributed by atoms with van der Waals surface area (Å²) >= 11 is 0. The van der Waals surface area contributed by atoms with Gasteiger partial charge in [-0.1, -0.05) is 19.9 Å². The first-order chi connectivity index (χ1) is 10.6. The zero-order chi connectivity index (χ0) is 15.3. The summed E-state index contributed by atoms with van der Waals surface area (Å²) in [5, 5.41) is 9.90. The van der Waals surface area contributed by atoms with Crippen LogP contribution in [0.2, 0.25) is 0 Å². The Bertz CT molecular complexity index is 567. The van der Waals surface area contributed by atoms with Crippen molar-refractivity contribution in [2.75, 3.05) is 19.7 Å². The van der Waals surface area contributed by atoms with E-state index in [-0.39, 0.29) is 5.41 Å². The molecule has 2 fully saturated rings. The maximum Gasteiger partial charge on any atom is 0.115 e. The molecule has 3 heteroatoms. The van der Waals surface area contributed by atoms with Crippen LogP contribution in [0.1, 0.15) is 44.2 Å². The van der Waals surface area contributed by atoms with E-state index in [0.29, 0.717) is 23.8 Å². The quantitative estimate of drug-likeness (QED) is 0.911. The van der Waals surface area contributed by atoms with Crippen molar-refractivity contribution in [1.29, 1.82) is 0 Å². The number of piperidine rings is 1. The van der Waals surface area contributed by atoms with Crippen molar-refractivity contribution in [3.63, 3.8) is 0 Å². The summed E-state index contributed by atoms with van der Waals surface area (Å²) in [6.07, 6.45) is 5.17. The molecule has 0 amide bonds. The highest BCUT2D eigenvalue weighted by Gasteiger charge is 2.48. The minimum Gasteiger partial charge on any atom is -0.508 e. The Balaban J connectivity index is 1.63. The number of ether oxygens (including phenoxy) is 1. The van der Waals surface area contributed by atoms with Gasteiger partial charge in [-0.2, -0.15) is 0 Å². The molecule has 3 aliphatic rings. The first kappa shape index (κ1) is 14.5. The van der Waals surface area contributed by atoms with Gasteiger partial charge in [-0.25, -0.2) is 0 Å². The van der Waals surface area contributed by atoms with Crippen LogP contribution < -0.4 is 0 Å². The molecule has 1 aliphatic carbocycles. The van der Waals surface area contributed by atoms with Crippen LogP contribution in [-0.4, -0.2) is 41.8 Å². The number of benzene rings is 1. The Labute approximate surface area is 133 Å². The van der Waals surface area contributed by atoms with Crippen LogP contribution >= 0.6 is 0 Å². The number of hydrogen-bond donors (Lipinski definition) is 1. The zero-order valence-electron chi connectivity index (χ0n) is 13.7. The second-order valence-corrected chi connectivity index (χ2v) is 7.70. The van der Waals surface area contributed by atoms with Crippen molar-refractivity contribution in [2.24, 2.45) is 5.92 Å². The molecular weight excluding hydrogens is 274 g/mol. The average molecular weight is 301 g/mol. The molecule has 0 spiro atoms. The molecule has 0 saturated carbocycles. The zero-order valence-corrected chi connectivity index (χ0v) is 13.7. The normalized spacial score (nSPS) is 38.0. The van der Waals surface area contributed by atoms with Crippen LogP contribution in [0.4, 0.5) is 0 Å². The van der Waals surface area contributed by atoms with Crippen molar-refractivity contribution >= 4 is 0 Å². The highest BCUT2D eigenvalue weighted by atomic mass is 16.5. The summed E-state index contributed by atoms with van der Waals surface area (Å²) in [6.45, 7) is 7.99. The fourth-order valence-electron chi connectivity index (χ4n) is 4.97. The van der Waals surface area contributed by atoms with Gasteiger partial charge in [-0.05, 0) is 66.8 Å². The van der Waals surface area contributed by atoms with Gasteiger partial charge in [0.05, 0.1) is 6.10 Å². The standard InChI is InChI=1S/C19H27NO2/c1-13-18-10-14-5-6-15(21)11-17(14)19(13,2)7-8-20(18)12-16-4-3-9-22-16/h5-6,11,13,16,18,21H,3-4,7-10,12H2,1-2H3/t13-,16-,18+,19+/m0/s1. The molecule has 2 saturated heterocycles. The predicted octanol–water partition coefficient (Wildman–Crippen LogP) is 3.10. The lowest BCUT2D eigenvalue weighted by molar-refractivity contribution is -0.00671. The topological polar surface area (TPSA) is 32.7 Å². The maximum atomic E-state index is 9.90. The van der Waals surface area contributed by atoms with Gasteiger partial charge in [0, 0.05) is 19.2 Å². The third-order valence-electron chi connectivity index (χ3n) is 6.57. The smallest absolute Gasteiger partial charge is 0.115 e. The lowest BCUT2D eigenvalue weighted by atomic mass is 9.59. The lowest BCUT2D eigenvalue weighted by Gasteiger charge is -2.55. The Hall–Kier alpha value is -1.06. The number of phenolic OH excluding ortho intramolecular Hbond substituents is 1. The van der Waals surface area contributed by atoms with Crippen LogP contribution in [-0.2, 0) is 16.6 Å². The minimum atomic E-state index is 0.198. The molecule has 2 bridgehead atoms. The number of hydrogen-bond acceptors (Lipinski definition) is 3. The number of nitrogens with zero attached hydrogens (tertiary/aromatic N) is 1. The molecule has 2 heterocycles. The van der Waals surface area contributed by atoms with Gasteiger partial charge in [-0.3, -0.25) is 4.90 Å². The van der Waals surface area contributed by atoms with Crippen molar-refractivity contribution in [1.82, 2.24) is 4.90 Å². The van der Waals surface area contributed by atoms with Gasteiger partial charge in [0.15, 0.2) is 0 Å². The summed E-state index contributed by atoms with van der Waals surface area (Å²) in [5.41, 5.74) is 3.01. The van der Waals surface area contributed by atoms with Gasteiger partial charge in [0.2, 0.25) is 0 Å². The van der Waals surface area contributed by atoms with Gasteiger partial charge in [-0.15, -0.1) is 0 Å². The second-order valence-electron chi connectivity index (χ2n) is 7.70. The molecule has 1 aromatic carbocycles. The first-order valence-electron chi connectivity index (χ1n) is 8.76. The maximum absolute atomic E-state index is 9.90. The van der Waals surface area contributed by atoms with Crippen molar-refractivity contribution in [3.05, 3.63) is 29.3 Å². The summed E-state index contributed by atoms with van der Waals surface area (Å²) in [4.78, 5) is 2.68. The Kier molecular flexibility index (Phi) is 3.46. The summed E-state index contributed by atoms with van der Waals surface area (Å²) in [7, 11) is 0. The number of aromatic hydroxyl groups is 1. The monoisotopic (exact) mass is 301 g/mol. The molecule has 1 aromatic rings. The van der Waals surface area contributed by atoms with Crippen molar-refractivity contribution in [3.8, 4) is 5.75 Å². The largest absolute Gasteiger partial charge is 0.508 e. The molecule has 2 aliphatic heterocycles. The highest BCUT2D eigenvalue weighted by Crippen LogP contribution is 2.49. The highest BCUT2D eigenvalue weighted by molar-refractivity contribution is 5.44. The van der Waals surface area contributed by atoms with Gasteiger partial charge in [0.1, 0.15) is 5.75 Å². The third-order valence-corrected chi connectivity index (χ3v) is 6.57. The molecule has 4 rings (SSSR count). The number of rotatable bonds is 2. The SMILES string of the molecule is C[C@H]1[C@H]2Cc3ccc(O)cc3[C@]1(C)CCN2C[C@@H]1CCCO1. The molecule has 0 unspecified atom stereocenters. The fraction of sp³-hybridized carbons (Fsp3) is 0.684. The van der Waals surface area contributed by atoms with E-state index in [1.54, 1.807) is 0 Å². The number of phenols is 1. The molecule has 0 radical (unpaired) electrons. The van der Waals surface area contributed by atoms with E-state index in [1.807, 2.05) is 12.1 Å². The van der Waals surface area contributed by atoms with Crippen LogP contribution in [0.15, 0.2) is 18.2 Å². The Morgan fingerprint density at radius 2 is 2.27 bits per heavy atom. The van der Waals surface area contributed by atoms with E-state index in [0.717, 1.165) is 26.1 Å². The average Bonchev–Trinajstić information content (AvgIpc) is 3.00. The summed E-state index contributed by atoms with van der Waals surface area (Å²) in [6, 6.07) is 6.60. The number of fused-ring (bicyclic) bond motifs is 4. The summed E-state index contributed by atoms with van der Waals surface area (Å²) in [5.74, 6) is 1.03. The van der Waals surface area contributed by atoms with E-state index < -0.39 is 0 Å². The van der Waals surface area contributed by atoms with E-state index in [9.17, 15) is 5.11 Å². The molecular formula is C19H27NO2. The predicted molar refractivity (Wildman–Crippen MR) is 87.3 cm³/mol. The second kappa shape index (κ2) is 5.24.